The number of sulfonamides is 1. The smallest absolute Gasteiger partial charge is 0.319 e. The lowest BCUT2D eigenvalue weighted by Gasteiger charge is -2.36. The van der Waals surface area contributed by atoms with E-state index in [-0.39, 0.29) is 23.7 Å². The average molecular weight is 477 g/mol. The fraction of sp³-hybridized carbons (Fsp3) is 0.381. The molecule has 2 amide bonds. The second kappa shape index (κ2) is 11.1. The van der Waals surface area contributed by atoms with Crippen LogP contribution in [0.5, 0.6) is 0 Å². The summed E-state index contributed by atoms with van der Waals surface area (Å²) in [5.74, 6) is 0. The maximum Gasteiger partial charge on any atom is 0.319 e. The van der Waals surface area contributed by atoms with Crippen LogP contribution in [0.1, 0.15) is 6.92 Å². The summed E-state index contributed by atoms with van der Waals surface area (Å²) in [4.78, 5) is 26.9. The minimum atomic E-state index is -3.94. The number of anilines is 2. The highest BCUT2D eigenvalue weighted by Crippen LogP contribution is 2.26. The number of rotatable bonds is 9. The van der Waals surface area contributed by atoms with Gasteiger partial charge in [-0.1, -0.05) is 25.1 Å². The number of nitro benzene ring substituents is 1. The van der Waals surface area contributed by atoms with E-state index >= 15 is 0 Å². The van der Waals surface area contributed by atoms with Gasteiger partial charge in [0.2, 0.25) is 10.0 Å². The van der Waals surface area contributed by atoms with E-state index in [9.17, 15) is 23.3 Å². The molecule has 11 nitrogen and oxygen atoms in total. The number of hydrogen-bond acceptors (Lipinski definition) is 7. The second-order valence-electron chi connectivity index (χ2n) is 7.47. The van der Waals surface area contributed by atoms with Crippen LogP contribution in [-0.2, 0) is 10.0 Å². The number of carbonyl (C=O) groups is 1. The molecule has 1 aliphatic rings. The molecule has 1 saturated heterocycles. The van der Waals surface area contributed by atoms with Gasteiger partial charge in [0.15, 0.2) is 0 Å². The summed E-state index contributed by atoms with van der Waals surface area (Å²) in [7, 11) is -3.94. The van der Waals surface area contributed by atoms with Crippen molar-refractivity contribution in [2.24, 2.45) is 0 Å². The molecular weight excluding hydrogens is 448 g/mol. The lowest BCUT2D eigenvalue weighted by Crippen LogP contribution is -2.46. The molecule has 0 aliphatic carbocycles. The molecule has 0 radical (unpaired) electrons. The number of hydrogen-bond donors (Lipinski definition) is 3. The van der Waals surface area contributed by atoms with Gasteiger partial charge in [0.25, 0.3) is 5.69 Å². The van der Waals surface area contributed by atoms with Crippen molar-refractivity contribution in [1.82, 2.24) is 14.9 Å². The number of carbonyl (C=O) groups excluding carboxylic acids is 1. The molecule has 0 unspecified atom stereocenters. The Bertz CT molecular complexity index is 1090. The highest BCUT2D eigenvalue weighted by Gasteiger charge is 2.19. The Morgan fingerprint density at radius 2 is 1.79 bits per heavy atom. The predicted molar refractivity (Wildman–Crippen MR) is 126 cm³/mol. The summed E-state index contributed by atoms with van der Waals surface area (Å²) >= 11 is 0. The molecule has 1 heterocycles. The highest BCUT2D eigenvalue weighted by atomic mass is 32.2. The number of amides is 2. The summed E-state index contributed by atoms with van der Waals surface area (Å²) in [6.07, 6.45) is 0. The van der Waals surface area contributed by atoms with E-state index in [4.69, 9.17) is 0 Å². The third-order valence-corrected chi connectivity index (χ3v) is 6.81. The van der Waals surface area contributed by atoms with Crippen LogP contribution in [-0.4, -0.2) is 70.1 Å². The van der Waals surface area contributed by atoms with E-state index in [2.05, 4.69) is 32.1 Å². The van der Waals surface area contributed by atoms with E-state index in [1.807, 2.05) is 24.3 Å². The monoisotopic (exact) mass is 476 g/mol. The minimum absolute atomic E-state index is 0.0390. The number of piperazine rings is 1. The molecule has 12 heteroatoms. The molecule has 0 bridgehead atoms. The van der Waals surface area contributed by atoms with Crippen molar-refractivity contribution in [3.63, 3.8) is 0 Å². The molecule has 0 saturated carbocycles. The van der Waals surface area contributed by atoms with Gasteiger partial charge >= 0.3 is 6.03 Å². The molecule has 3 N–H and O–H groups in total. The lowest BCUT2D eigenvalue weighted by atomic mass is 10.2. The zero-order valence-corrected chi connectivity index (χ0v) is 19.2. The normalized spacial score (nSPS) is 14.6. The molecule has 1 fully saturated rings. The second-order valence-corrected chi connectivity index (χ2v) is 9.24. The van der Waals surface area contributed by atoms with E-state index in [1.54, 1.807) is 0 Å². The average Bonchev–Trinajstić information content (AvgIpc) is 2.82. The number of nitrogens with one attached hydrogen (secondary N) is 3. The lowest BCUT2D eigenvalue weighted by molar-refractivity contribution is -0.385. The first-order valence-corrected chi connectivity index (χ1v) is 12.1. The standard InChI is InChI=1S/C21H28N6O5S/c1-2-25-12-14-26(15-13-25)20-9-4-3-8-19(20)24-21(28)22-10-11-23-33(31,32)18-7-5-6-17(16-18)27(29)30/h3-9,16,23H,2,10-15H2,1H3,(H2,22,24,28). The first kappa shape index (κ1) is 24.4. The summed E-state index contributed by atoms with van der Waals surface area (Å²) in [5.41, 5.74) is 1.30. The zero-order valence-electron chi connectivity index (χ0n) is 18.4. The van der Waals surface area contributed by atoms with Crippen molar-refractivity contribution in [3.05, 3.63) is 58.6 Å². The molecule has 178 valence electrons. The molecule has 0 aromatic heterocycles. The minimum Gasteiger partial charge on any atom is -0.367 e. The molecule has 33 heavy (non-hydrogen) atoms. The Morgan fingerprint density at radius 3 is 2.48 bits per heavy atom. The van der Waals surface area contributed by atoms with Crippen molar-refractivity contribution >= 4 is 33.1 Å². The van der Waals surface area contributed by atoms with Crippen LogP contribution in [0.2, 0.25) is 0 Å². The van der Waals surface area contributed by atoms with E-state index in [1.165, 1.54) is 18.2 Å². The molecule has 0 spiro atoms. The number of nitro groups is 1. The Morgan fingerprint density at radius 1 is 1.06 bits per heavy atom. The summed E-state index contributed by atoms with van der Waals surface area (Å²) < 4.78 is 27.0. The number of urea groups is 1. The van der Waals surface area contributed by atoms with Gasteiger partial charge in [-0.3, -0.25) is 10.1 Å². The van der Waals surface area contributed by atoms with Crippen LogP contribution < -0.4 is 20.3 Å². The molecule has 2 aromatic rings. The van der Waals surface area contributed by atoms with Crippen molar-refractivity contribution < 1.29 is 18.1 Å². The van der Waals surface area contributed by atoms with Gasteiger partial charge in [-0.25, -0.2) is 17.9 Å². The Labute approximate surface area is 193 Å². The third-order valence-electron chi connectivity index (χ3n) is 5.35. The number of para-hydroxylation sites is 2. The summed E-state index contributed by atoms with van der Waals surface area (Å²) in [6, 6.07) is 11.9. The van der Waals surface area contributed by atoms with Crippen LogP contribution in [0.25, 0.3) is 0 Å². The molecule has 1 aliphatic heterocycles. The van der Waals surface area contributed by atoms with Crippen LogP contribution in [0.4, 0.5) is 21.9 Å². The fourth-order valence-corrected chi connectivity index (χ4v) is 4.61. The number of benzene rings is 2. The van der Waals surface area contributed by atoms with Crippen LogP contribution in [0.15, 0.2) is 53.4 Å². The topological polar surface area (TPSA) is 137 Å². The summed E-state index contributed by atoms with van der Waals surface area (Å²) in [6.45, 7) is 6.78. The van der Waals surface area contributed by atoms with Gasteiger partial charge in [0.1, 0.15) is 0 Å². The zero-order chi connectivity index (χ0) is 23.8. The highest BCUT2D eigenvalue weighted by molar-refractivity contribution is 7.89. The van der Waals surface area contributed by atoms with Crippen LogP contribution in [0.3, 0.4) is 0 Å². The predicted octanol–water partition coefficient (Wildman–Crippen LogP) is 1.84. The van der Waals surface area contributed by atoms with Crippen LogP contribution >= 0.6 is 0 Å². The number of nitrogens with zero attached hydrogens (tertiary/aromatic N) is 3. The maximum atomic E-state index is 12.4. The number of likely N-dealkylation sites (N-methyl/N-ethyl adjacent to an activating group) is 1. The summed E-state index contributed by atoms with van der Waals surface area (Å²) in [5, 5.41) is 16.3. The van der Waals surface area contributed by atoms with Gasteiger partial charge in [-0.15, -0.1) is 0 Å². The molecular formula is C21H28N6O5S. The fourth-order valence-electron chi connectivity index (χ4n) is 3.54. The Hall–Kier alpha value is -3.22. The maximum absolute atomic E-state index is 12.4. The largest absolute Gasteiger partial charge is 0.367 e. The van der Waals surface area contributed by atoms with Gasteiger partial charge in [0.05, 0.1) is 21.2 Å². The van der Waals surface area contributed by atoms with Gasteiger partial charge < -0.3 is 20.4 Å². The van der Waals surface area contributed by atoms with E-state index in [0.29, 0.717) is 5.69 Å². The quantitative estimate of drug-likeness (QED) is 0.285. The third kappa shape index (κ3) is 6.63. The van der Waals surface area contributed by atoms with Crippen molar-refractivity contribution in [1.29, 1.82) is 0 Å². The van der Waals surface area contributed by atoms with E-state index < -0.39 is 21.0 Å². The first-order chi connectivity index (χ1) is 15.8. The van der Waals surface area contributed by atoms with Crippen LogP contribution in [0, 0.1) is 10.1 Å². The molecule has 2 aromatic carbocycles. The number of non-ortho nitro benzene ring substituents is 1. The molecule has 0 atom stereocenters. The van der Waals surface area contributed by atoms with Gasteiger partial charge in [-0.2, -0.15) is 0 Å². The SMILES string of the molecule is CCN1CCN(c2ccccc2NC(=O)NCCNS(=O)(=O)c2cccc([N+](=O)[O-])c2)CC1. The van der Waals surface area contributed by atoms with Gasteiger partial charge in [-0.05, 0) is 24.7 Å². The Kier molecular flexibility index (Phi) is 8.20. The first-order valence-electron chi connectivity index (χ1n) is 10.7. The van der Waals surface area contributed by atoms with Crippen molar-refractivity contribution in [2.75, 3.05) is 56.0 Å². The van der Waals surface area contributed by atoms with E-state index in [0.717, 1.165) is 44.5 Å². The molecule has 3 rings (SSSR count). The van der Waals surface area contributed by atoms with Crippen molar-refractivity contribution in [2.45, 2.75) is 11.8 Å². The van der Waals surface area contributed by atoms with Gasteiger partial charge in [0, 0.05) is 51.4 Å². The Balaban J connectivity index is 1.50. The van der Waals surface area contributed by atoms with Crippen molar-refractivity contribution in [3.8, 4) is 0 Å².